The first kappa shape index (κ1) is 20.0. The van der Waals surface area contributed by atoms with Gasteiger partial charge in [0, 0.05) is 23.0 Å². The molecule has 0 radical (unpaired) electrons. The zero-order valence-electron chi connectivity index (χ0n) is 14.9. The van der Waals surface area contributed by atoms with Crippen molar-refractivity contribution in [2.75, 3.05) is 0 Å². The minimum Gasteiger partial charge on any atom is -0.863 e. The van der Waals surface area contributed by atoms with Gasteiger partial charge in [0.2, 0.25) is 5.52 Å². The number of nitrogens with zero attached hydrogens (tertiary/aromatic N) is 4. The van der Waals surface area contributed by atoms with Crippen molar-refractivity contribution in [3.05, 3.63) is 91.3 Å². The lowest BCUT2D eigenvalue weighted by atomic mass is 10.1. The van der Waals surface area contributed by atoms with Crippen molar-refractivity contribution < 1.29 is 24.9 Å². The first-order valence-electron chi connectivity index (χ1n) is 8.22. The molecule has 0 unspecified atom stereocenters. The first-order chi connectivity index (χ1) is 14.3. The lowest BCUT2D eigenvalue weighted by Gasteiger charge is -2.06. The Bertz CT molecular complexity index is 1220. The van der Waals surface area contributed by atoms with E-state index in [1.165, 1.54) is 10.8 Å². The van der Waals surface area contributed by atoms with E-state index in [0.717, 1.165) is 11.0 Å². The van der Waals surface area contributed by atoms with Crippen LogP contribution in [0.3, 0.4) is 0 Å². The summed E-state index contributed by atoms with van der Waals surface area (Å²) in [6, 6.07) is 13.1. The Balaban J connectivity index is 0.000000171. The van der Waals surface area contributed by atoms with E-state index in [9.17, 15) is 35.4 Å². The number of nitrogens with one attached hydrogen (secondary N) is 1. The molecule has 150 valence electrons. The lowest BCUT2D eigenvalue weighted by Crippen LogP contribution is -2.04. The minimum absolute atomic E-state index is 0.384. The Morgan fingerprint density at radius 2 is 1.40 bits per heavy atom. The average Bonchev–Trinajstić information content (AvgIpc) is 2.73. The molecule has 12 nitrogen and oxygen atoms in total. The second-order valence-electron chi connectivity index (χ2n) is 5.86. The number of rotatable bonds is 3. The van der Waals surface area contributed by atoms with Gasteiger partial charge in [0.1, 0.15) is 5.52 Å². The molecule has 0 aliphatic rings. The van der Waals surface area contributed by atoms with Crippen LogP contribution < -0.4 is 10.1 Å². The molecule has 1 N–H and O–H groups in total. The standard InChI is InChI=1S/C12H8N2.C6H3N3O7/c1-3-9-5-6-10-4-2-8-14-12(10)11(9)13-7-1;10-6-4(8(13)14)1-3(7(11)12)2-5(6)9(15)16/h1-8H;1-2,10H. The van der Waals surface area contributed by atoms with E-state index in [1.54, 1.807) is 0 Å². The lowest BCUT2D eigenvalue weighted by molar-refractivity contribution is -0.420. The van der Waals surface area contributed by atoms with Crippen LogP contribution in [0, 0.1) is 30.3 Å². The number of hydrogen-bond donors (Lipinski definition) is 0. The molecule has 2 aromatic heterocycles. The number of non-ortho nitro benzene ring substituents is 1. The predicted molar refractivity (Wildman–Crippen MR) is 102 cm³/mol. The normalized spacial score (nSPS) is 10.3. The minimum atomic E-state index is -1.46. The van der Waals surface area contributed by atoms with Crippen molar-refractivity contribution in [1.82, 2.24) is 4.98 Å². The van der Waals surface area contributed by atoms with Crippen molar-refractivity contribution >= 4 is 38.9 Å². The highest BCUT2D eigenvalue weighted by atomic mass is 16.6. The van der Waals surface area contributed by atoms with Crippen molar-refractivity contribution in [2.45, 2.75) is 0 Å². The zero-order valence-corrected chi connectivity index (χ0v) is 14.9. The first-order valence-corrected chi connectivity index (χ1v) is 8.22. The fraction of sp³-hybridized carbons (Fsp3) is 0. The van der Waals surface area contributed by atoms with E-state index in [0.29, 0.717) is 12.1 Å². The molecule has 0 saturated carbocycles. The molecule has 0 aliphatic carbocycles. The molecular formula is C18H11N5O7. The average molecular weight is 409 g/mol. The van der Waals surface area contributed by atoms with Crippen LogP contribution in [0.15, 0.2) is 60.9 Å². The van der Waals surface area contributed by atoms with Crippen LogP contribution in [0.25, 0.3) is 21.8 Å². The smallest absolute Gasteiger partial charge is 0.283 e. The van der Waals surface area contributed by atoms with E-state index >= 15 is 0 Å². The van der Waals surface area contributed by atoms with Crippen LogP contribution in [-0.2, 0) is 0 Å². The number of aromatic nitrogens is 2. The topological polar surface area (TPSA) is 180 Å². The number of H-pyrrole nitrogens is 1. The van der Waals surface area contributed by atoms with Crippen LogP contribution in [-0.4, -0.2) is 19.8 Å². The monoisotopic (exact) mass is 409 g/mol. The Labute approximate surface area is 166 Å². The highest BCUT2D eigenvalue weighted by Gasteiger charge is 2.24. The van der Waals surface area contributed by atoms with E-state index in [1.807, 2.05) is 24.5 Å². The largest absolute Gasteiger partial charge is 0.863 e. The van der Waals surface area contributed by atoms with Crippen LogP contribution in [0.5, 0.6) is 5.75 Å². The molecule has 2 heterocycles. The van der Waals surface area contributed by atoms with Gasteiger partial charge in [0.15, 0.2) is 6.20 Å². The third kappa shape index (κ3) is 3.91. The van der Waals surface area contributed by atoms with Crippen LogP contribution in [0.2, 0.25) is 0 Å². The molecule has 0 fully saturated rings. The van der Waals surface area contributed by atoms with Gasteiger partial charge >= 0.3 is 0 Å². The number of hydrogen-bond acceptors (Lipinski definition) is 8. The molecule has 0 saturated heterocycles. The number of aromatic amines is 1. The highest BCUT2D eigenvalue weighted by Crippen LogP contribution is 2.36. The molecule has 4 rings (SSSR count). The Kier molecular flexibility index (Phi) is 5.40. The molecule has 30 heavy (non-hydrogen) atoms. The fourth-order valence-electron chi connectivity index (χ4n) is 2.70. The van der Waals surface area contributed by atoms with Gasteiger partial charge in [-0.15, -0.1) is 0 Å². The molecule has 12 heteroatoms. The van der Waals surface area contributed by atoms with Gasteiger partial charge in [-0.05, 0) is 18.2 Å². The fourth-order valence-corrected chi connectivity index (χ4v) is 2.70. The van der Waals surface area contributed by atoms with E-state index < -0.39 is 37.6 Å². The third-order valence-electron chi connectivity index (χ3n) is 4.05. The van der Waals surface area contributed by atoms with Crippen molar-refractivity contribution in [1.29, 1.82) is 0 Å². The summed E-state index contributed by atoms with van der Waals surface area (Å²) in [5.74, 6) is -1.46. The summed E-state index contributed by atoms with van der Waals surface area (Å²) in [4.78, 5) is 35.1. The number of nitro groups is 3. The number of fused-ring (bicyclic) bond motifs is 3. The van der Waals surface area contributed by atoms with Gasteiger partial charge in [-0.2, -0.15) is 0 Å². The number of pyridine rings is 2. The van der Waals surface area contributed by atoms with E-state index in [2.05, 4.69) is 34.2 Å². The summed E-state index contributed by atoms with van der Waals surface area (Å²) in [6.07, 6.45) is 3.75. The molecular weight excluding hydrogens is 398 g/mol. The van der Waals surface area contributed by atoms with Gasteiger partial charge in [0.05, 0.1) is 32.7 Å². The van der Waals surface area contributed by atoms with Crippen molar-refractivity contribution in [3.63, 3.8) is 0 Å². The molecule has 0 aliphatic heterocycles. The van der Waals surface area contributed by atoms with Gasteiger partial charge in [-0.25, -0.2) is 9.97 Å². The second kappa shape index (κ2) is 8.10. The van der Waals surface area contributed by atoms with Crippen LogP contribution in [0.4, 0.5) is 17.1 Å². The maximum Gasteiger partial charge on any atom is 0.283 e. The SMILES string of the molecule is O=[N+]([O-])c1cc([N+](=O)[O-])c([O-])c([N+](=O)[O-])c1.c1cnc2c(c1)ccc1ccc[nH+]c12. The van der Waals surface area contributed by atoms with Gasteiger partial charge < -0.3 is 5.11 Å². The van der Waals surface area contributed by atoms with Crippen LogP contribution >= 0.6 is 0 Å². The molecule has 0 atom stereocenters. The van der Waals surface area contributed by atoms with E-state index in [-0.39, 0.29) is 0 Å². The second-order valence-corrected chi connectivity index (χ2v) is 5.86. The highest BCUT2D eigenvalue weighted by molar-refractivity contribution is 6.00. The van der Waals surface area contributed by atoms with Gasteiger partial charge in [-0.3, -0.25) is 30.3 Å². The summed E-state index contributed by atoms with van der Waals surface area (Å²) in [5.41, 5.74) is -1.13. The maximum absolute atomic E-state index is 11.1. The summed E-state index contributed by atoms with van der Waals surface area (Å²) in [6.45, 7) is 0. The van der Waals surface area contributed by atoms with Crippen molar-refractivity contribution in [2.24, 2.45) is 0 Å². The quantitative estimate of drug-likeness (QED) is 0.281. The molecule has 0 bridgehead atoms. The predicted octanol–water partition coefficient (Wildman–Crippen LogP) is 2.69. The molecule has 0 amide bonds. The van der Waals surface area contributed by atoms with Gasteiger partial charge in [-0.1, -0.05) is 12.1 Å². The zero-order chi connectivity index (χ0) is 21.8. The van der Waals surface area contributed by atoms with Crippen molar-refractivity contribution in [3.8, 4) is 5.75 Å². The number of nitro benzene ring substituents is 3. The molecule has 4 aromatic rings. The third-order valence-corrected chi connectivity index (χ3v) is 4.05. The maximum atomic E-state index is 11.1. The summed E-state index contributed by atoms with van der Waals surface area (Å²) < 4.78 is 0. The van der Waals surface area contributed by atoms with Crippen LogP contribution in [0.1, 0.15) is 0 Å². The molecule has 2 aromatic carbocycles. The molecule has 0 spiro atoms. The Hall–Kier alpha value is -4.74. The van der Waals surface area contributed by atoms with E-state index in [4.69, 9.17) is 0 Å². The summed E-state index contributed by atoms with van der Waals surface area (Å²) in [7, 11) is 0. The Morgan fingerprint density at radius 3 is 2.00 bits per heavy atom. The van der Waals surface area contributed by atoms with Gasteiger partial charge in [0.25, 0.3) is 17.1 Å². The summed E-state index contributed by atoms with van der Waals surface area (Å²) >= 11 is 0. The Morgan fingerprint density at radius 1 is 0.800 bits per heavy atom. The summed E-state index contributed by atoms with van der Waals surface area (Å²) in [5, 5.41) is 44.5. The number of benzene rings is 2.